The summed E-state index contributed by atoms with van der Waals surface area (Å²) in [5.41, 5.74) is 2.36. The van der Waals surface area contributed by atoms with Crippen LogP contribution >= 0.6 is 23.4 Å². The first kappa shape index (κ1) is 24.7. The molecule has 3 aromatic carbocycles. The molecule has 3 aromatic rings. The van der Waals surface area contributed by atoms with E-state index in [0.29, 0.717) is 57.9 Å². The van der Waals surface area contributed by atoms with Crippen LogP contribution in [0, 0.1) is 0 Å². The second-order valence-electron chi connectivity index (χ2n) is 7.40. The highest BCUT2D eigenvalue weighted by atomic mass is 35.5. The van der Waals surface area contributed by atoms with Crippen LogP contribution in [-0.2, 0) is 11.4 Å². The van der Waals surface area contributed by atoms with Gasteiger partial charge in [-0.1, -0.05) is 48.0 Å². The number of aliphatic imine (C=N–C) groups is 1. The highest BCUT2D eigenvalue weighted by Gasteiger charge is 2.24. The fourth-order valence-electron chi connectivity index (χ4n) is 3.34. The van der Waals surface area contributed by atoms with Gasteiger partial charge in [-0.05, 0) is 67.6 Å². The average Bonchev–Trinajstić information content (AvgIpc) is 3.19. The molecule has 1 aliphatic rings. The Balaban J connectivity index is 1.52. The summed E-state index contributed by atoms with van der Waals surface area (Å²) in [6.07, 6.45) is 1.80. The Bertz CT molecular complexity index is 1280. The number of nitrogens with one attached hydrogen (secondary N) is 1. The van der Waals surface area contributed by atoms with Crippen molar-refractivity contribution in [1.82, 2.24) is 5.32 Å². The molecule has 1 fully saturated rings. The number of hydrogen-bond acceptors (Lipinski definition) is 6. The van der Waals surface area contributed by atoms with Gasteiger partial charge in [0.05, 0.1) is 18.1 Å². The van der Waals surface area contributed by atoms with E-state index in [9.17, 15) is 4.79 Å². The van der Waals surface area contributed by atoms with E-state index in [2.05, 4.69) is 10.3 Å². The van der Waals surface area contributed by atoms with Gasteiger partial charge in [0.1, 0.15) is 18.0 Å². The van der Waals surface area contributed by atoms with Crippen LogP contribution in [-0.4, -0.2) is 24.3 Å². The molecule has 35 heavy (non-hydrogen) atoms. The summed E-state index contributed by atoms with van der Waals surface area (Å²) in [6.45, 7) is 5.16. The minimum atomic E-state index is -0.209. The topological polar surface area (TPSA) is 69.2 Å². The van der Waals surface area contributed by atoms with Gasteiger partial charge < -0.3 is 19.5 Å². The van der Waals surface area contributed by atoms with E-state index in [1.807, 2.05) is 80.6 Å². The predicted molar refractivity (Wildman–Crippen MR) is 142 cm³/mol. The number of amidine groups is 1. The summed E-state index contributed by atoms with van der Waals surface area (Å²) in [5, 5.41) is 3.97. The zero-order valence-corrected chi connectivity index (χ0v) is 21.0. The Labute approximate surface area is 214 Å². The summed E-state index contributed by atoms with van der Waals surface area (Å²) in [6, 6.07) is 20.6. The van der Waals surface area contributed by atoms with E-state index < -0.39 is 0 Å². The van der Waals surface area contributed by atoms with Crippen LogP contribution in [0.1, 0.15) is 25.0 Å². The molecule has 0 aliphatic carbocycles. The third kappa shape index (κ3) is 6.38. The number of para-hydroxylation sites is 2. The maximum Gasteiger partial charge on any atom is 0.264 e. The third-order valence-corrected chi connectivity index (χ3v) is 6.22. The van der Waals surface area contributed by atoms with Crippen LogP contribution in [0.2, 0.25) is 5.02 Å². The number of thioether (sulfide) groups is 1. The molecule has 1 heterocycles. The van der Waals surface area contributed by atoms with E-state index in [0.717, 1.165) is 11.1 Å². The Morgan fingerprint density at radius 1 is 0.914 bits per heavy atom. The van der Waals surface area contributed by atoms with Crippen molar-refractivity contribution in [3.8, 4) is 17.2 Å². The number of hydrogen-bond donors (Lipinski definition) is 1. The molecular formula is C27H25ClN2O4S. The van der Waals surface area contributed by atoms with Gasteiger partial charge in [-0.3, -0.25) is 4.79 Å². The second-order valence-corrected chi connectivity index (χ2v) is 8.84. The largest absolute Gasteiger partial charge is 0.492 e. The molecule has 0 spiro atoms. The smallest absolute Gasteiger partial charge is 0.264 e. The zero-order chi connectivity index (χ0) is 24.6. The van der Waals surface area contributed by atoms with Crippen molar-refractivity contribution >= 4 is 46.2 Å². The first-order valence-corrected chi connectivity index (χ1v) is 12.4. The van der Waals surface area contributed by atoms with Gasteiger partial charge in [-0.25, -0.2) is 4.99 Å². The monoisotopic (exact) mass is 508 g/mol. The van der Waals surface area contributed by atoms with Crippen LogP contribution < -0.4 is 19.5 Å². The van der Waals surface area contributed by atoms with Crippen molar-refractivity contribution in [2.75, 3.05) is 13.2 Å². The Hall–Kier alpha value is -3.42. The minimum Gasteiger partial charge on any atom is -0.492 e. The maximum atomic E-state index is 12.6. The lowest BCUT2D eigenvalue weighted by Crippen LogP contribution is -2.19. The molecule has 0 saturated carbocycles. The SMILES string of the molecule is CCOc1ccccc1N=C1NC(=O)C(=Cc2ccc(OCc3ccccc3Cl)c(OCC)c2)S1. The number of halogens is 1. The van der Waals surface area contributed by atoms with Gasteiger partial charge in [0, 0.05) is 10.6 Å². The standard InChI is InChI=1S/C27H25ClN2O4S/c1-3-32-22-12-8-7-11-21(22)29-27-30-26(31)25(35-27)16-18-13-14-23(24(15-18)33-4-2)34-17-19-9-5-6-10-20(19)28/h5-16H,3-4,17H2,1-2H3,(H,29,30,31). The first-order valence-electron chi connectivity index (χ1n) is 11.2. The molecule has 0 atom stereocenters. The van der Waals surface area contributed by atoms with E-state index in [1.165, 1.54) is 11.8 Å². The van der Waals surface area contributed by atoms with Crippen molar-refractivity contribution in [3.63, 3.8) is 0 Å². The average molecular weight is 509 g/mol. The number of carbonyl (C=O) groups excluding carboxylic acids is 1. The molecule has 4 rings (SSSR count). The number of nitrogens with zero attached hydrogens (tertiary/aromatic N) is 1. The van der Waals surface area contributed by atoms with Gasteiger partial charge in [0.2, 0.25) is 0 Å². The van der Waals surface area contributed by atoms with Gasteiger partial charge >= 0.3 is 0 Å². The number of carbonyl (C=O) groups is 1. The maximum absolute atomic E-state index is 12.6. The van der Waals surface area contributed by atoms with E-state index in [4.69, 9.17) is 25.8 Å². The molecule has 180 valence electrons. The van der Waals surface area contributed by atoms with Crippen LogP contribution in [0.25, 0.3) is 6.08 Å². The minimum absolute atomic E-state index is 0.209. The zero-order valence-electron chi connectivity index (χ0n) is 19.4. The number of ether oxygens (including phenoxy) is 3. The quantitative estimate of drug-likeness (QED) is 0.329. The van der Waals surface area contributed by atoms with Gasteiger partial charge in [-0.15, -0.1) is 0 Å². The lowest BCUT2D eigenvalue weighted by atomic mass is 10.2. The first-order chi connectivity index (χ1) is 17.1. The summed E-state index contributed by atoms with van der Waals surface area (Å²) >= 11 is 7.51. The van der Waals surface area contributed by atoms with Gasteiger partial charge in [-0.2, -0.15) is 0 Å². The van der Waals surface area contributed by atoms with Crippen molar-refractivity contribution in [1.29, 1.82) is 0 Å². The van der Waals surface area contributed by atoms with Crippen LogP contribution in [0.4, 0.5) is 5.69 Å². The van der Waals surface area contributed by atoms with Crippen LogP contribution in [0.3, 0.4) is 0 Å². The molecule has 8 heteroatoms. The lowest BCUT2D eigenvalue weighted by molar-refractivity contribution is -0.115. The van der Waals surface area contributed by atoms with Gasteiger partial charge in [0.25, 0.3) is 5.91 Å². The predicted octanol–water partition coefficient (Wildman–Crippen LogP) is 6.61. The second kappa shape index (κ2) is 11.8. The fraction of sp³-hybridized carbons (Fsp3) is 0.185. The molecule has 1 saturated heterocycles. The molecule has 0 aromatic heterocycles. The molecule has 0 bridgehead atoms. The van der Waals surface area contributed by atoms with E-state index >= 15 is 0 Å². The van der Waals surface area contributed by atoms with E-state index in [-0.39, 0.29) is 5.91 Å². The summed E-state index contributed by atoms with van der Waals surface area (Å²) in [7, 11) is 0. The molecule has 0 unspecified atom stereocenters. The van der Waals surface area contributed by atoms with Crippen LogP contribution in [0.5, 0.6) is 17.2 Å². The van der Waals surface area contributed by atoms with Crippen molar-refractivity contribution < 1.29 is 19.0 Å². The van der Waals surface area contributed by atoms with Crippen molar-refractivity contribution in [3.05, 3.63) is 87.8 Å². The molecule has 1 N–H and O–H groups in total. The van der Waals surface area contributed by atoms with Gasteiger partial charge in [0.15, 0.2) is 16.7 Å². The number of benzene rings is 3. The van der Waals surface area contributed by atoms with Crippen molar-refractivity contribution in [2.24, 2.45) is 4.99 Å². The Morgan fingerprint density at radius 3 is 2.46 bits per heavy atom. The van der Waals surface area contributed by atoms with E-state index in [1.54, 1.807) is 6.08 Å². The Kier molecular flexibility index (Phi) is 8.34. The summed E-state index contributed by atoms with van der Waals surface area (Å²) in [4.78, 5) is 17.7. The van der Waals surface area contributed by atoms with Crippen LogP contribution in [0.15, 0.2) is 76.6 Å². The number of amides is 1. The Morgan fingerprint density at radius 2 is 1.66 bits per heavy atom. The summed E-state index contributed by atoms with van der Waals surface area (Å²) in [5.74, 6) is 1.66. The molecule has 1 amide bonds. The normalized spacial score (nSPS) is 15.3. The molecular weight excluding hydrogens is 484 g/mol. The molecule has 0 radical (unpaired) electrons. The fourth-order valence-corrected chi connectivity index (χ4v) is 4.37. The molecule has 1 aliphatic heterocycles. The lowest BCUT2D eigenvalue weighted by Gasteiger charge is -2.13. The van der Waals surface area contributed by atoms with Crippen molar-refractivity contribution in [2.45, 2.75) is 20.5 Å². The third-order valence-electron chi connectivity index (χ3n) is 4.94. The highest BCUT2D eigenvalue weighted by Crippen LogP contribution is 2.34. The highest BCUT2D eigenvalue weighted by molar-refractivity contribution is 8.18. The molecule has 6 nitrogen and oxygen atoms in total. The summed E-state index contributed by atoms with van der Waals surface area (Å²) < 4.78 is 17.4. The number of rotatable bonds is 9.